The van der Waals surface area contributed by atoms with Gasteiger partial charge in [0.15, 0.2) is 0 Å². The average Bonchev–Trinajstić information content (AvgIpc) is 2.96. The van der Waals surface area contributed by atoms with Crippen molar-refractivity contribution in [3.05, 3.63) is 35.6 Å². The summed E-state index contributed by atoms with van der Waals surface area (Å²) in [6.07, 6.45) is -0.519. The summed E-state index contributed by atoms with van der Waals surface area (Å²) in [7, 11) is 0. The van der Waals surface area contributed by atoms with Gasteiger partial charge in [0.25, 0.3) is 5.92 Å². The van der Waals surface area contributed by atoms with Gasteiger partial charge >= 0.3 is 0 Å². The maximum Gasteiger partial charge on any atom is 0.262 e. The lowest BCUT2D eigenvalue weighted by molar-refractivity contribution is -0.140. The summed E-state index contributed by atoms with van der Waals surface area (Å²) in [5.41, 5.74) is 0.336. The number of halogens is 3. The number of rotatable bonds is 3. The number of hydrogen-bond donors (Lipinski definition) is 1. The molecule has 2 aliphatic rings. The number of alkyl halides is 2. The number of nitrogens with one attached hydrogen (secondary N) is 1. The molecule has 5 nitrogen and oxygen atoms in total. The zero-order valence-electron chi connectivity index (χ0n) is 13.7. The van der Waals surface area contributed by atoms with Gasteiger partial charge in [-0.05, 0) is 11.6 Å². The molecule has 0 saturated carbocycles. The molecule has 0 spiro atoms. The summed E-state index contributed by atoms with van der Waals surface area (Å²) in [6, 6.07) is 5.25. The second-order valence-electron chi connectivity index (χ2n) is 6.47. The molecule has 3 rings (SSSR count). The Kier molecular flexibility index (Phi) is 4.99. The Morgan fingerprint density at radius 3 is 2.36 bits per heavy atom. The summed E-state index contributed by atoms with van der Waals surface area (Å²) in [5, 5.41) is 2.55. The van der Waals surface area contributed by atoms with Crippen LogP contribution in [0.25, 0.3) is 0 Å². The third-order valence-electron chi connectivity index (χ3n) is 4.65. The number of carbonyl (C=O) groups is 2. The molecule has 2 amide bonds. The van der Waals surface area contributed by atoms with Crippen LogP contribution < -0.4 is 5.32 Å². The standard InChI is InChI=1S/C17H20F3N3O2/c18-13-4-2-1-3-12(13)9-15(24)22-5-7-23(8-6-22)16(25)14-10-17(19,20)11-21-14/h1-4,14,21H,5-11H2. The van der Waals surface area contributed by atoms with E-state index in [2.05, 4.69) is 5.32 Å². The molecule has 2 heterocycles. The SMILES string of the molecule is O=C(Cc1ccccc1F)N1CCN(C(=O)C2CC(F)(F)CN2)CC1. The van der Waals surface area contributed by atoms with Crippen molar-refractivity contribution in [2.45, 2.75) is 24.8 Å². The molecule has 25 heavy (non-hydrogen) atoms. The van der Waals surface area contributed by atoms with Crippen LogP contribution in [-0.2, 0) is 16.0 Å². The molecule has 1 aromatic rings. The van der Waals surface area contributed by atoms with E-state index < -0.39 is 30.7 Å². The summed E-state index contributed by atoms with van der Waals surface area (Å²) in [4.78, 5) is 27.6. The molecule has 0 aliphatic carbocycles. The highest BCUT2D eigenvalue weighted by Crippen LogP contribution is 2.26. The van der Waals surface area contributed by atoms with Gasteiger partial charge < -0.3 is 9.80 Å². The number of nitrogens with zero attached hydrogens (tertiary/aromatic N) is 2. The molecule has 2 aliphatic heterocycles. The van der Waals surface area contributed by atoms with E-state index in [1.165, 1.54) is 11.0 Å². The minimum Gasteiger partial charge on any atom is -0.339 e. The van der Waals surface area contributed by atoms with Crippen molar-refractivity contribution in [2.24, 2.45) is 0 Å². The van der Waals surface area contributed by atoms with E-state index in [0.29, 0.717) is 31.7 Å². The van der Waals surface area contributed by atoms with Gasteiger partial charge in [-0.15, -0.1) is 0 Å². The van der Waals surface area contributed by atoms with Crippen molar-refractivity contribution >= 4 is 11.8 Å². The Balaban J connectivity index is 1.51. The predicted molar refractivity (Wildman–Crippen MR) is 84.6 cm³/mol. The lowest BCUT2D eigenvalue weighted by atomic mass is 10.1. The number of carbonyl (C=O) groups excluding carboxylic acids is 2. The van der Waals surface area contributed by atoms with Crippen molar-refractivity contribution in [3.63, 3.8) is 0 Å². The van der Waals surface area contributed by atoms with E-state index >= 15 is 0 Å². The number of benzene rings is 1. The molecule has 1 aromatic carbocycles. The number of hydrogen-bond acceptors (Lipinski definition) is 3. The minimum absolute atomic E-state index is 0.0307. The highest BCUT2D eigenvalue weighted by atomic mass is 19.3. The van der Waals surface area contributed by atoms with Gasteiger partial charge in [-0.25, -0.2) is 13.2 Å². The first-order valence-electron chi connectivity index (χ1n) is 8.27. The molecule has 0 radical (unpaired) electrons. The Hall–Kier alpha value is -2.09. The summed E-state index contributed by atoms with van der Waals surface area (Å²) >= 11 is 0. The molecule has 136 valence electrons. The highest BCUT2D eigenvalue weighted by molar-refractivity contribution is 5.83. The lowest BCUT2D eigenvalue weighted by Crippen LogP contribution is -2.54. The van der Waals surface area contributed by atoms with Crippen LogP contribution in [-0.4, -0.2) is 66.3 Å². The van der Waals surface area contributed by atoms with E-state index in [9.17, 15) is 22.8 Å². The van der Waals surface area contributed by atoms with Crippen molar-refractivity contribution in [2.75, 3.05) is 32.7 Å². The van der Waals surface area contributed by atoms with Gasteiger partial charge in [-0.1, -0.05) is 18.2 Å². The molecule has 0 aromatic heterocycles. The van der Waals surface area contributed by atoms with Crippen LogP contribution in [0.2, 0.25) is 0 Å². The van der Waals surface area contributed by atoms with Crippen LogP contribution in [0.1, 0.15) is 12.0 Å². The monoisotopic (exact) mass is 355 g/mol. The van der Waals surface area contributed by atoms with Gasteiger partial charge in [0.05, 0.1) is 19.0 Å². The molecule has 1 atom stereocenters. The number of piperazine rings is 1. The van der Waals surface area contributed by atoms with Crippen LogP contribution in [0.15, 0.2) is 24.3 Å². The normalized spacial score (nSPS) is 22.9. The van der Waals surface area contributed by atoms with E-state index in [4.69, 9.17) is 0 Å². The van der Waals surface area contributed by atoms with Gasteiger partial charge in [0, 0.05) is 32.6 Å². The van der Waals surface area contributed by atoms with Crippen LogP contribution >= 0.6 is 0 Å². The first-order chi connectivity index (χ1) is 11.9. The maximum atomic E-state index is 13.6. The van der Waals surface area contributed by atoms with Crippen LogP contribution in [0.4, 0.5) is 13.2 Å². The maximum absolute atomic E-state index is 13.6. The van der Waals surface area contributed by atoms with Crippen molar-refractivity contribution in [3.8, 4) is 0 Å². The minimum atomic E-state index is -2.85. The Labute approximate surface area is 143 Å². The van der Waals surface area contributed by atoms with E-state index in [0.717, 1.165) is 0 Å². The molecule has 2 saturated heterocycles. The fraction of sp³-hybridized carbons (Fsp3) is 0.529. The molecular formula is C17H20F3N3O2. The average molecular weight is 355 g/mol. The fourth-order valence-electron chi connectivity index (χ4n) is 3.20. The van der Waals surface area contributed by atoms with Crippen molar-refractivity contribution in [1.29, 1.82) is 0 Å². The molecule has 2 fully saturated rings. The molecule has 8 heteroatoms. The zero-order valence-corrected chi connectivity index (χ0v) is 13.7. The third kappa shape index (κ3) is 4.12. The van der Waals surface area contributed by atoms with Gasteiger partial charge in [0.2, 0.25) is 11.8 Å². The summed E-state index contributed by atoms with van der Waals surface area (Å²) in [6.45, 7) is 0.756. The largest absolute Gasteiger partial charge is 0.339 e. The second-order valence-corrected chi connectivity index (χ2v) is 6.47. The second kappa shape index (κ2) is 7.03. The predicted octanol–water partition coefficient (Wildman–Crippen LogP) is 1.04. The van der Waals surface area contributed by atoms with Crippen LogP contribution in [0.3, 0.4) is 0 Å². The lowest BCUT2D eigenvalue weighted by Gasteiger charge is -2.36. The van der Waals surface area contributed by atoms with Gasteiger partial charge in [-0.3, -0.25) is 14.9 Å². The Bertz CT molecular complexity index is 660. The van der Waals surface area contributed by atoms with E-state index in [1.54, 1.807) is 23.1 Å². The van der Waals surface area contributed by atoms with Crippen LogP contribution in [0.5, 0.6) is 0 Å². The van der Waals surface area contributed by atoms with Crippen molar-refractivity contribution < 1.29 is 22.8 Å². The molecular weight excluding hydrogens is 335 g/mol. The zero-order chi connectivity index (χ0) is 18.0. The summed E-state index contributed by atoms with van der Waals surface area (Å²) in [5.74, 6) is -3.82. The fourth-order valence-corrected chi connectivity index (χ4v) is 3.20. The topological polar surface area (TPSA) is 52.7 Å². The smallest absolute Gasteiger partial charge is 0.262 e. The molecule has 1 unspecified atom stereocenters. The first-order valence-corrected chi connectivity index (χ1v) is 8.27. The first kappa shape index (κ1) is 17.7. The Morgan fingerprint density at radius 2 is 1.76 bits per heavy atom. The highest BCUT2D eigenvalue weighted by Gasteiger charge is 2.43. The Morgan fingerprint density at radius 1 is 1.12 bits per heavy atom. The van der Waals surface area contributed by atoms with Crippen LogP contribution in [0, 0.1) is 5.82 Å². The molecule has 1 N–H and O–H groups in total. The summed E-state index contributed by atoms with van der Waals surface area (Å²) < 4.78 is 40.1. The quantitative estimate of drug-likeness (QED) is 0.881. The van der Waals surface area contributed by atoms with Gasteiger partial charge in [-0.2, -0.15) is 0 Å². The van der Waals surface area contributed by atoms with Gasteiger partial charge in [0.1, 0.15) is 5.82 Å². The van der Waals surface area contributed by atoms with E-state index in [-0.39, 0.29) is 18.2 Å². The molecule has 0 bridgehead atoms. The van der Waals surface area contributed by atoms with Crippen molar-refractivity contribution in [1.82, 2.24) is 15.1 Å². The van der Waals surface area contributed by atoms with E-state index in [1.807, 2.05) is 0 Å². The number of amides is 2. The third-order valence-corrected chi connectivity index (χ3v) is 4.65.